The van der Waals surface area contributed by atoms with Crippen LogP contribution >= 0.6 is 27.5 Å². The van der Waals surface area contributed by atoms with Crippen LogP contribution in [0.3, 0.4) is 0 Å². The lowest BCUT2D eigenvalue weighted by atomic mass is 9.98. The van der Waals surface area contributed by atoms with E-state index >= 15 is 0 Å². The summed E-state index contributed by atoms with van der Waals surface area (Å²) in [6, 6.07) is 8.34. The van der Waals surface area contributed by atoms with Crippen molar-refractivity contribution in [2.75, 3.05) is 6.54 Å². The fraction of sp³-hybridized carbons (Fsp3) is 0.250. The first kappa shape index (κ1) is 16.4. The van der Waals surface area contributed by atoms with Crippen molar-refractivity contribution in [3.05, 3.63) is 68.7 Å². The molecule has 0 aliphatic heterocycles. The molecule has 1 atom stereocenters. The van der Waals surface area contributed by atoms with Gasteiger partial charge in [-0.3, -0.25) is 0 Å². The summed E-state index contributed by atoms with van der Waals surface area (Å²) >= 11 is 9.38. The standard InChI is InChI=1S/C16H15BrClF2N/c1-2-7-21-16(12-5-3-10(18)8-14(12)17)13-9-11(19)4-6-15(13)20/h3-6,8-9,16,21H,2,7H2,1H3. The van der Waals surface area contributed by atoms with Crippen LogP contribution in [0.25, 0.3) is 0 Å². The Morgan fingerprint density at radius 3 is 2.57 bits per heavy atom. The third kappa shape index (κ3) is 4.02. The molecule has 0 amide bonds. The third-order valence-electron chi connectivity index (χ3n) is 3.14. The maximum absolute atomic E-state index is 14.1. The number of halogens is 4. The summed E-state index contributed by atoms with van der Waals surface area (Å²) in [7, 11) is 0. The van der Waals surface area contributed by atoms with Gasteiger partial charge in [0.15, 0.2) is 0 Å². The van der Waals surface area contributed by atoms with Gasteiger partial charge in [-0.1, -0.05) is 40.5 Å². The predicted molar refractivity (Wildman–Crippen MR) is 85.6 cm³/mol. The van der Waals surface area contributed by atoms with Gasteiger partial charge in [0.25, 0.3) is 0 Å². The van der Waals surface area contributed by atoms with Crippen LogP contribution < -0.4 is 5.32 Å². The van der Waals surface area contributed by atoms with E-state index in [0.717, 1.165) is 28.6 Å². The van der Waals surface area contributed by atoms with Crippen molar-refractivity contribution in [1.29, 1.82) is 0 Å². The fourth-order valence-corrected chi connectivity index (χ4v) is 3.06. The van der Waals surface area contributed by atoms with E-state index in [4.69, 9.17) is 11.6 Å². The second-order valence-corrected chi connectivity index (χ2v) is 6.01. The van der Waals surface area contributed by atoms with Crippen LogP contribution in [0.1, 0.15) is 30.5 Å². The van der Waals surface area contributed by atoms with E-state index in [-0.39, 0.29) is 5.56 Å². The number of benzene rings is 2. The number of hydrogen-bond donors (Lipinski definition) is 1. The Bertz CT molecular complexity index is 634. The molecule has 0 saturated heterocycles. The SMILES string of the molecule is CCCNC(c1cc(F)ccc1F)c1ccc(Cl)cc1Br. The lowest BCUT2D eigenvalue weighted by Crippen LogP contribution is -2.24. The molecule has 0 bridgehead atoms. The van der Waals surface area contributed by atoms with Gasteiger partial charge in [-0.15, -0.1) is 0 Å². The predicted octanol–water partition coefficient (Wildman–Crippen LogP) is 5.47. The second-order valence-electron chi connectivity index (χ2n) is 4.72. The Balaban J connectivity index is 2.49. The molecule has 1 unspecified atom stereocenters. The third-order valence-corrected chi connectivity index (χ3v) is 4.06. The number of hydrogen-bond acceptors (Lipinski definition) is 1. The average Bonchev–Trinajstić information content (AvgIpc) is 2.44. The topological polar surface area (TPSA) is 12.0 Å². The molecule has 0 radical (unpaired) electrons. The van der Waals surface area contributed by atoms with Crippen LogP contribution in [0, 0.1) is 11.6 Å². The molecular weight excluding hydrogens is 360 g/mol. The first-order valence-corrected chi connectivity index (χ1v) is 7.83. The summed E-state index contributed by atoms with van der Waals surface area (Å²) in [4.78, 5) is 0. The van der Waals surface area contributed by atoms with E-state index < -0.39 is 17.7 Å². The van der Waals surface area contributed by atoms with Crippen molar-refractivity contribution in [2.24, 2.45) is 0 Å². The van der Waals surface area contributed by atoms with Crippen molar-refractivity contribution in [2.45, 2.75) is 19.4 Å². The highest BCUT2D eigenvalue weighted by Gasteiger charge is 2.20. The highest BCUT2D eigenvalue weighted by molar-refractivity contribution is 9.10. The lowest BCUT2D eigenvalue weighted by Gasteiger charge is -2.21. The average molecular weight is 375 g/mol. The monoisotopic (exact) mass is 373 g/mol. The van der Waals surface area contributed by atoms with Crippen LogP contribution in [0.15, 0.2) is 40.9 Å². The molecule has 1 N–H and O–H groups in total. The minimum Gasteiger partial charge on any atom is -0.306 e. The fourth-order valence-electron chi connectivity index (χ4n) is 2.15. The Kier molecular flexibility index (Phi) is 5.73. The minimum absolute atomic E-state index is 0.284. The lowest BCUT2D eigenvalue weighted by molar-refractivity contribution is 0.534. The zero-order chi connectivity index (χ0) is 15.4. The van der Waals surface area contributed by atoms with Crippen molar-refractivity contribution in [1.82, 2.24) is 5.32 Å². The van der Waals surface area contributed by atoms with Gasteiger partial charge in [-0.2, -0.15) is 0 Å². The van der Waals surface area contributed by atoms with Crippen molar-refractivity contribution in [3.63, 3.8) is 0 Å². The normalized spacial score (nSPS) is 12.4. The van der Waals surface area contributed by atoms with Gasteiger partial charge in [0.05, 0.1) is 6.04 Å². The Morgan fingerprint density at radius 2 is 1.90 bits per heavy atom. The van der Waals surface area contributed by atoms with Gasteiger partial charge in [-0.25, -0.2) is 8.78 Å². The summed E-state index contributed by atoms with van der Waals surface area (Å²) < 4.78 is 28.3. The highest BCUT2D eigenvalue weighted by atomic mass is 79.9. The van der Waals surface area contributed by atoms with Crippen LogP contribution in [0.5, 0.6) is 0 Å². The number of nitrogens with one attached hydrogen (secondary N) is 1. The molecule has 0 aliphatic rings. The van der Waals surface area contributed by atoms with Gasteiger partial charge in [0.1, 0.15) is 11.6 Å². The van der Waals surface area contributed by atoms with Gasteiger partial charge in [-0.05, 0) is 48.9 Å². The molecule has 0 aliphatic carbocycles. The molecule has 0 spiro atoms. The van der Waals surface area contributed by atoms with E-state index in [9.17, 15) is 8.78 Å². The van der Waals surface area contributed by atoms with E-state index in [1.165, 1.54) is 6.07 Å². The minimum atomic E-state index is -0.459. The first-order valence-electron chi connectivity index (χ1n) is 6.66. The summed E-state index contributed by atoms with van der Waals surface area (Å²) in [6.45, 7) is 2.71. The maximum atomic E-state index is 14.1. The van der Waals surface area contributed by atoms with Crippen LogP contribution in [0.4, 0.5) is 8.78 Å². The van der Waals surface area contributed by atoms with Crippen molar-refractivity contribution in [3.8, 4) is 0 Å². The molecule has 0 heterocycles. The quantitative estimate of drug-likeness (QED) is 0.732. The largest absolute Gasteiger partial charge is 0.306 e. The van der Waals surface area contributed by atoms with Crippen LogP contribution in [0.2, 0.25) is 5.02 Å². The molecule has 2 aromatic rings. The zero-order valence-corrected chi connectivity index (χ0v) is 13.8. The second kappa shape index (κ2) is 7.34. The van der Waals surface area contributed by atoms with Gasteiger partial charge < -0.3 is 5.32 Å². The summed E-state index contributed by atoms with van der Waals surface area (Å²) in [5, 5.41) is 3.83. The maximum Gasteiger partial charge on any atom is 0.128 e. The Hall–Kier alpha value is -0.970. The molecule has 5 heteroatoms. The molecule has 2 rings (SSSR count). The molecule has 0 fully saturated rings. The Labute approximate surface area is 136 Å². The summed E-state index contributed by atoms with van der Waals surface area (Å²) in [5.41, 5.74) is 1.10. The van der Waals surface area contributed by atoms with E-state index in [2.05, 4.69) is 21.2 Å². The highest BCUT2D eigenvalue weighted by Crippen LogP contribution is 2.32. The zero-order valence-electron chi connectivity index (χ0n) is 11.5. The number of rotatable bonds is 5. The molecule has 21 heavy (non-hydrogen) atoms. The Morgan fingerprint density at radius 1 is 1.14 bits per heavy atom. The summed E-state index contributed by atoms with van der Waals surface area (Å²) in [5.74, 6) is -0.897. The van der Waals surface area contributed by atoms with Crippen LogP contribution in [-0.4, -0.2) is 6.54 Å². The van der Waals surface area contributed by atoms with Gasteiger partial charge in [0, 0.05) is 15.1 Å². The molecule has 2 aromatic carbocycles. The van der Waals surface area contributed by atoms with E-state index in [1.54, 1.807) is 12.1 Å². The molecule has 0 aromatic heterocycles. The smallest absolute Gasteiger partial charge is 0.128 e. The van der Waals surface area contributed by atoms with Gasteiger partial charge in [0.2, 0.25) is 0 Å². The van der Waals surface area contributed by atoms with Gasteiger partial charge >= 0.3 is 0 Å². The van der Waals surface area contributed by atoms with E-state index in [0.29, 0.717) is 11.6 Å². The van der Waals surface area contributed by atoms with Crippen molar-refractivity contribution < 1.29 is 8.78 Å². The molecule has 112 valence electrons. The van der Waals surface area contributed by atoms with Crippen LogP contribution in [-0.2, 0) is 0 Å². The summed E-state index contributed by atoms with van der Waals surface area (Å²) in [6.07, 6.45) is 0.888. The first-order chi connectivity index (χ1) is 10.0. The molecular formula is C16H15BrClF2N. The van der Waals surface area contributed by atoms with Crippen molar-refractivity contribution >= 4 is 27.5 Å². The van der Waals surface area contributed by atoms with E-state index in [1.807, 2.05) is 13.0 Å². The molecule has 1 nitrogen and oxygen atoms in total. The molecule has 0 saturated carbocycles.